The lowest BCUT2D eigenvalue weighted by molar-refractivity contribution is 0.852. The molecule has 5 nitrogen and oxygen atoms in total. The van der Waals surface area contributed by atoms with E-state index in [1.165, 1.54) is 0 Å². The molecule has 0 amide bonds. The zero-order chi connectivity index (χ0) is 12.5. The van der Waals surface area contributed by atoms with Gasteiger partial charge in [-0.15, -0.1) is 0 Å². The first-order valence-electron chi connectivity index (χ1n) is 5.38. The molecule has 18 heavy (non-hydrogen) atoms. The number of aromatic nitrogens is 3. The highest BCUT2D eigenvalue weighted by Crippen LogP contribution is 2.19. The summed E-state index contributed by atoms with van der Waals surface area (Å²) in [5, 5.41) is 14.1. The van der Waals surface area contributed by atoms with Gasteiger partial charge in [-0.25, -0.2) is 9.67 Å². The third-order valence-electron chi connectivity index (χ3n) is 2.66. The van der Waals surface area contributed by atoms with Gasteiger partial charge in [0.2, 0.25) is 0 Å². The zero-order valence-electron chi connectivity index (χ0n) is 9.41. The van der Waals surface area contributed by atoms with Gasteiger partial charge in [-0.1, -0.05) is 18.2 Å². The highest BCUT2D eigenvalue weighted by atomic mass is 15.3. The summed E-state index contributed by atoms with van der Waals surface area (Å²) < 4.78 is 1.56. The molecule has 86 valence electrons. The number of anilines is 1. The lowest BCUT2D eigenvalue weighted by Gasteiger charge is -2.04. The minimum absolute atomic E-state index is 0.559. The summed E-state index contributed by atoms with van der Waals surface area (Å²) in [7, 11) is 0. The summed E-state index contributed by atoms with van der Waals surface area (Å²) in [6.07, 6.45) is 3.21. The monoisotopic (exact) mass is 235 g/mol. The maximum absolute atomic E-state index is 9.18. The normalized spacial score (nSPS) is 10.4. The van der Waals surface area contributed by atoms with Gasteiger partial charge in [0, 0.05) is 11.5 Å². The van der Waals surface area contributed by atoms with E-state index in [9.17, 15) is 5.26 Å². The van der Waals surface area contributed by atoms with Crippen molar-refractivity contribution in [2.75, 3.05) is 5.73 Å². The third kappa shape index (κ3) is 1.57. The van der Waals surface area contributed by atoms with Crippen molar-refractivity contribution < 1.29 is 0 Å². The van der Waals surface area contributed by atoms with E-state index in [1.54, 1.807) is 23.1 Å². The molecule has 0 radical (unpaired) electrons. The molecule has 0 spiro atoms. The maximum Gasteiger partial charge on any atom is 0.155 e. The smallest absolute Gasteiger partial charge is 0.155 e. The molecule has 3 aromatic rings. The van der Waals surface area contributed by atoms with Crippen molar-refractivity contribution in [1.82, 2.24) is 14.8 Å². The molecule has 2 N–H and O–H groups in total. The number of fused-ring (bicyclic) bond motifs is 1. The second-order valence-corrected chi connectivity index (χ2v) is 3.88. The SMILES string of the molecule is N#Cc1cc(-n2cc(N)cn2)nc2ccccc12. The molecule has 0 bridgehead atoms. The van der Waals surface area contributed by atoms with E-state index in [2.05, 4.69) is 16.2 Å². The minimum Gasteiger partial charge on any atom is -0.396 e. The summed E-state index contributed by atoms with van der Waals surface area (Å²) in [4.78, 5) is 4.46. The summed E-state index contributed by atoms with van der Waals surface area (Å²) in [5.74, 6) is 0.585. The molecule has 2 aromatic heterocycles. The van der Waals surface area contributed by atoms with Crippen molar-refractivity contribution in [2.45, 2.75) is 0 Å². The Morgan fingerprint density at radius 3 is 2.83 bits per heavy atom. The number of pyridine rings is 1. The van der Waals surface area contributed by atoms with Crippen molar-refractivity contribution in [3.8, 4) is 11.9 Å². The lowest BCUT2D eigenvalue weighted by atomic mass is 10.1. The second kappa shape index (κ2) is 3.86. The van der Waals surface area contributed by atoms with Crippen LogP contribution in [0.4, 0.5) is 5.69 Å². The van der Waals surface area contributed by atoms with Crippen LogP contribution in [-0.2, 0) is 0 Å². The van der Waals surface area contributed by atoms with Gasteiger partial charge in [0.05, 0.1) is 35.2 Å². The molecule has 0 aliphatic rings. The van der Waals surface area contributed by atoms with Crippen LogP contribution in [0, 0.1) is 11.3 Å². The fourth-order valence-electron chi connectivity index (χ4n) is 1.83. The number of benzene rings is 1. The maximum atomic E-state index is 9.18. The van der Waals surface area contributed by atoms with E-state index in [0.717, 1.165) is 10.9 Å². The molecule has 0 saturated heterocycles. The van der Waals surface area contributed by atoms with Crippen molar-refractivity contribution in [3.05, 3.63) is 48.3 Å². The van der Waals surface area contributed by atoms with Crippen LogP contribution >= 0.6 is 0 Å². The highest BCUT2D eigenvalue weighted by Gasteiger charge is 2.07. The molecular weight excluding hydrogens is 226 g/mol. The van der Waals surface area contributed by atoms with Gasteiger partial charge in [-0.2, -0.15) is 10.4 Å². The van der Waals surface area contributed by atoms with Gasteiger partial charge in [0.15, 0.2) is 5.82 Å². The minimum atomic E-state index is 0.559. The zero-order valence-corrected chi connectivity index (χ0v) is 9.41. The number of nitriles is 1. The van der Waals surface area contributed by atoms with Crippen LogP contribution in [0.1, 0.15) is 5.56 Å². The van der Waals surface area contributed by atoms with E-state index in [-0.39, 0.29) is 0 Å². The Morgan fingerprint density at radius 2 is 2.11 bits per heavy atom. The first kappa shape index (κ1) is 10.3. The largest absolute Gasteiger partial charge is 0.396 e. The van der Waals surface area contributed by atoms with Crippen LogP contribution in [-0.4, -0.2) is 14.8 Å². The van der Waals surface area contributed by atoms with Crippen molar-refractivity contribution in [1.29, 1.82) is 5.26 Å². The number of hydrogen-bond acceptors (Lipinski definition) is 4. The average Bonchev–Trinajstić information content (AvgIpc) is 2.84. The Labute approximate surface area is 103 Å². The number of nitrogens with zero attached hydrogens (tertiary/aromatic N) is 4. The van der Waals surface area contributed by atoms with Crippen LogP contribution in [0.5, 0.6) is 0 Å². The average molecular weight is 235 g/mol. The topological polar surface area (TPSA) is 80.5 Å². The highest BCUT2D eigenvalue weighted by molar-refractivity contribution is 5.85. The number of nitrogen functional groups attached to an aromatic ring is 1. The molecule has 5 heteroatoms. The van der Waals surface area contributed by atoms with E-state index in [1.807, 2.05) is 24.3 Å². The van der Waals surface area contributed by atoms with Gasteiger partial charge in [0.25, 0.3) is 0 Å². The third-order valence-corrected chi connectivity index (χ3v) is 2.66. The van der Waals surface area contributed by atoms with E-state index in [0.29, 0.717) is 17.1 Å². The molecule has 0 saturated carbocycles. The standard InChI is InChI=1S/C13H9N5/c14-6-9-5-13(18-8-10(15)7-16-18)17-12-4-2-1-3-11(9)12/h1-5,7-8H,15H2. The van der Waals surface area contributed by atoms with Crippen LogP contribution < -0.4 is 5.73 Å². The van der Waals surface area contributed by atoms with Crippen molar-refractivity contribution in [2.24, 2.45) is 0 Å². The van der Waals surface area contributed by atoms with Crippen molar-refractivity contribution in [3.63, 3.8) is 0 Å². The fourth-order valence-corrected chi connectivity index (χ4v) is 1.83. The lowest BCUT2D eigenvalue weighted by Crippen LogP contribution is -1.99. The molecule has 0 fully saturated rings. The predicted molar refractivity (Wildman–Crippen MR) is 68.0 cm³/mol. The predicted octanol–water partition coefficient (Wildman–Crippen LogP) is 1.87. The summed E-state index contributed by atoms with van der Waals surface area (Å²) in [6, 6.07) is 11.4. The summed E-state index contributed by atoms with van der Waals surface area (Å²) in [5.41, 5.74) is 7.52. The van der Waals surface area contributed by atoms with Gasteiger partial charge in [-0.05, 0) is 6.07 Å². The Hall–Kier alpha value is -2.87. The first-order valence-corrected chi connectivity index (χ1v) is 5.38. The number of rotatable bonds is 1. The van der Waals surface area contributed by atoms with E-state index >= 15 is 0 Å². The van der Waals surface area contributed by atoms with Crippen LogP contribution in [0.2, 0.25) is 0 Å². The van der Waals surface area contributed by atoms with Gasteiger partial charge >= 0.3 is 0 Å². The molecule has 0 aliphatic heterocycles. The Balaban J connectivity index is 2.29. The van der Waals surface area contributed by atoms with Crippen LogP contribution in [0.25, 0.3) is 16.7 Å². The van der Waals surface area contributed by atoms with Crippen LogP contribution in [0.15, 0.2) is 42.7 Å². The Kier molecular flexibility index (Phi) is 2.21. The van der Waals surface area contributed by atoms with Gasteiger partial charge < -0.3 is 5.73 Å². The number of nitrogens with two attached hydrogens (primary N) is 1. The number of hydrogen-bond donors (Lipinski definition) is 1. The Morgan fingerprint density at radius 1 is 1.28 bits per heavy atom. The molecule has 0 unspecified atom stereocenters. The fraction of sp³-hybridized carbons (Fsp3) is 0. The van der Waals surface area contributed by atoms with Gasteiger partial charge in [-0.3, -0.25) is 0 Å². The van der Waals surface area contributed by atoms with Crippen molar-refractivity contribution >= 4 is 16.6 Å². The molecular formula is C13H9N5. The molecule has 3 rings (SSSR count). The second-order valence-electron chi connectivity index (χ2n) is 3.88. The van der Waals surface area contributed by atoms with E-state index < -0.39 is 0 Å². The first-order chi connectivity index (χ1) is 8.78. The molecule has 0 aliphatic carbocycles. The summed E-state index contributed by atoms with van der Waals surface area (Å²) in [6.45, 7) is 0. The summed E-state index contributed by atoms with van der Waals surface area (Å²) >= 11 is 0. The molecule has 2 heterocycles. The van der Waals surface area contributed by atoms with E-state index in [4.69, 9.17) is 5.73 Å². The Bertz CT molecular complexity index is 766. The quantitative estimate of drug-likeness (QED) is 0.698. The van der Waals surface area contributed by atoms with Crippen LogP contribution in [0.3, 0.4) is 0 Å². The molecule has 0 atom stereocenters. The molecule has 1 aromatic carbocycles. The number of para-hydroxylation sites is 1. The van der Waals surface area contributed by atoms with Gasteiger partial charge in [0.1, 0.15) is 0 Å².